The highest BCUT2D eigenvalue weighted by Gasteiger charge is 2.14. The van der Waals surface area contributed by atoms with E-state index in [-0.39, 0.29) is 11.5 Å². The molecule has 0 saturated carbocycles. The topological polar surface area (TPSA) is 38.9 Å². The number of nitrogens with zero attached hydrogens (tertiary/aromatic N) is 1. The van der Waals surface area contributed by atoms with Gasteiger partial charge in [0.25, 0.3) is 0 Å². The van der Waals surface area contributed by atoms with Gasteiger partial charge in [-0.3, -0.25) is 0 Å². The molecule has 1 aromatic heterocycles. The molecule has 108 valence electrons. The average molecular weight is 288 g/mol. The lowest BCUT2D eigenvalue weighted by Gasteiger charge is -2.18. The van der Waals surface area contributed by atoms with E-state index in [1.165, 1.54) is 11.1 Å². The summed E-state index contributed by atoms with van der Waals surface area (Å²) in [6, 6.07) is 8.95. The van der Waals surface area contributed by atoms with E-state index in [0.29, 0.717) is 0 Å². The molecular weight excluding hydrogens is 264 g/mol. The molecule has 0 spiro atoms. The number of benzene rings is 1. The van der Waals surface area contributed by atoms with Gasteiger partial charge in [-0.05, 0) is 17.4 Å². The predicted molar refractivity (Wildman–Crippen MR) is 88.2 cm³/mol. The van der Waals surface area contributed by atoms with E-state index in [1.54, 1.807) is 11.3 Å². The summed E-state index contributed by atoms with van der Waals surface area (Å²) in [5.41, 5.74) is 9.78. The molecule has 3 heteroatoms. The second-order valence-electron chi connectivity index (χ2n) is 6.33. The summed E-state index contributed by atoms with van der Waals surface area (Å²) < 4.78 is 0. The van der Waals surface area contributed by atoms with Gasteiger partial charge in [-0.15, -0.1) is 11.3 Å². The van der Waals surface area contributed by atoms with Gasteiger partial charge in [0.15, 0.2) is 0 Å². The van der Waals surface area contributed by atoms with Gasteiger partial charge in [0.05, 0.1) is 10.7 Å². The number of hydrogen-bond donors (Lipinski definition) is 1. The van der Waals surface area contributed by atoms with Crippen LogP contribution in [0.3, 0.4) is 0 Å². The number of hydrogen-bond acceptors (Lipinski definition) is 3. The number of thiazole rings is 1. The molecule has 0 bridgehead atoms. The normalized spacial score (nSPS) is 13.4. The monoisotopic (exact) mass is 288 g/mol. The smallest absolute Gasteiger partial charge is 0.0948 e. The summed E-state index contributed by atoms with van der Waals surface area (Å²) in [5, 5.41) is 3.26. The maximum Gasteiger partial charge on any atom is 0.0948 e. The Morgan fingerprint density at radius 3 is 2.40 bits per heavy atom. The van der Waals surface area contributed by atoms with Crippen molar-refractivity contribution in [1.82, 2.24) is 4.98 Å². The Kier molecular flexibility index (Phi) is 4.61. The zero-order valence-electron chi connectivity index (χ0n) is 12.8. The third-order valence-electron chi connectivity index (χ3n) is 3.56. The Hall–Kier alpha value is -1.19. The molecule has 0 saturated heterocycles. The fourth-order valence-corrected chi connectivity index (χ4v) is 2.94. The van der Waals surface area contributed by atoms with E-state index in [0.717, 1.165) is 23.5 Å². The van der Waals surface area contributed by atoms with E-state index in [1.807, 2.05) is 0 Å². The Labute approximate surface area is 126 Å². The third-order valence-corrected chi connectivity index (χ3v) is 4.43. The maximum atomic E-state index is 5.99. The lowest BCUT2D eigenvalue weighted by Crippen LogP contribution is -2.21. The summed E-state index contributed by atoms with van der Waals surface area (Å²) in [5.74, 6) is 0. The van der Waals surface area contributed by atoms with Crippen LogP contribution >= 0.6 is 11.3 Å². The predicted octanol–water partition coefficient (Wildman–Crippen LogP) is 4.39. The number of rotatable bonds is 4. The quantitative estimate of drug-likeness (QED) is 0.906. The van der Waals surface area contributed by atoms with E-state index in [9.17, 15) is 0 Å². The second kappa shape index (κ2) is 6.06. The van der Waals surface area contributed by atoms with Gasteiger partial charge in [0.2, 0.25) is 0 Å². The van der Waals surface area contributed by atoms with E-state index < -0.39 is 0 Å². The second-order valence-corrected chi connectivity index (χ2v) is 7.27. The molecule has 0 fully saturated rings. The lowest BCUT2D eigenvalue weighted by atomic mass is 9.86. The van der Waals surface area contributed by atoms with Gasteiger partial charge in [-0.1, -0.05) is 52.0 Å². The fourth-order valence-electron chi connectivity index (χ4n) is 2.05. The third kappa shape index (κ3) is 3.68. The molecule has 20 heavy (non-hydrogen) atoms. The highest BCUT2D eigenvalue weighted by molar-refractivity contribution is 7.09. The van der Waals surface area contributed by atoms with Crippen LogP contribution in [-0.4, -0.2) is 11.0 Å². The van der Waals surface area contributed by atoms with Crippen LogP contribution in [0.4, 0.5) is 0 Å². The molecule has 0 radical (unpaired) electrons. The lowest BCUT2D eigenvalue weighted by molar-refractivity contribution is 0.590. The molecule has 1 aromatic carbocycles. The van der Waals surface area contributed by atoms with Crippen LogP contribution in [0.25, 0.3) is 11.3 Å². The van der Waals surface area contributed by atoms with Crippen molar-refractivity contribution >= 4 is 11.3 Å². The van der Waals surface area contributed by atoms with Crippen LogP contribution < -0.4 is 5.73 Å². The molecule has 0 aliphatic heterocycles. The molecule has 1 heterocycles. The van der Waals surface area contributed by atoms with Gasteiger partial charge in [0, 0.05) is 23.4 Å². The van der Waals surface area contributed by atoms with Crippen LogP contribution in [0.1, 0.15) is 44.7 Å². The number of nitrogens with two attached hydrogens (primary N) is 1. The summed E-state index contributed by atoms with van der Waals surface area (Å²) in [4.78, 5) is 4.70. The minimum Gasteiger partial charge on any atom is -0.327 e. The number of aromatic nitrogens is 1. The van der Waals surface area contributed by atoms with E-state index >= 15 is 0 Å². The highest BCUT2D eigenvalue weighted by Crippen LogP contribution is 2.27. The van der Waals surface area contributed by atoms with Crippen molar-refractivity contribution < 1.29 is 0 Å². The van der Waals surface area contributed by atoms with Crippen molar-refractivity contribution in [1.29, 1.82) is 0 Å². The first kappa shape index (κ1) is 15.2. The van der Waals surface area contributed by atoms with Gasteiger partial charge in [-0.2, -0.15) is 0 Å². The van der Waals surface area contributed by atoms with Crippen LogP contribution in [0.2, 0.25) is 0 Å². The van der Waals surface area contributed by atoms with Crippen LogP contribution in [-0.2, 0) is 11.8 Å². The highest BCUT2D eigenvalue weighted by atomic mass is 32.1. The zero-order chi connectivity index (χ0) is 14.8. The van der Waals surface area contributed by atoms with Gasteiger partial charge in [0.1, 0.15) is 0 Å². The Morgan fingerprint density at radius 2 is 1.85 bits per heavy atom. The minimum atomic E-state index is 0.194. The van der Waals surface area contributed by atoms with Crippen LogP contribution in [0.5, 0.6) is 0 Å². The summed E-state index contributed by atoms with van der Waals surface area (Å²) >= 11 is 1.71. The largest absolute Gasteiger partial charge is 0.327 e. The molecule has 0 amide bonds. The molecule has 1 unspecified atom stereocenters. The standard InChI is InChI=1S/C17H24N2S/c1-5-14(18)10-16-19-15(11-20-16)12-6-8-13(9-7-12)17(2,3)4/h6-9,11,14H,5,10,18H2,1-4H3. The molecule has 2 aromatic rings. The van der Waals surface area contributed by atoms with Gasteiger partial charge < -0.3 is 5.73 Å². The first-order valence-corrected chi connectivity index (χ1v) is 8.09. The van der Waals surface area contributed by atoms with Gasteiger partial charge in [-0.25, -0.2) is 4.98 Å². The van der Waals surface area contributed by atoms with Crippen LogP contribution in [0.15, 0.2) is 29.6 Å². The summed E-state index contributed by atoms with van der Waals surface area (Å²) in [6.45, 7) is 8.81. The van der Waals surface area contributed by atoms with E-state index in [4.69, 9.17) is 10.7 Å². The molecule has 2 rings (SSSR count). The first-order chi connectivity index (χ1) is 9.40. The van der Waals surface area contributed by atoms with Crippen LogP contribution in [0, 0.1) is 0 Å². The zero-order valence-corrected chi connectivity index (χ0v) is 13.6. The van der Waals surface area contributed by atoms with Crippen molar-refractivity contribution in [3.63, 3.8) is 0 Å². The Balaban J connectivity index is 2.16. The minimum absolute atomic E-state index is 0.194. The Bertz CT molecular complexity index is 549. The SMILES string of the molecule is CCC(N)Cc1nc(-c2ccc(C(C)(C)C)cc2)cs1. The average Bonchev–Trinajstić information content (AvgIpc) is 2.86. The molecule has 1 atom stereocenters. The van der Waals surface area contributed by atoms with Crippen molar-refractivity contribution in [3.8, 4) is 11.3 Å². The van der Waals surface area contributed by atoms with Crippen molar-refractivity contribution in [2.45, 2.75) is 52.0 Å². The van der Waals surface area contributed by atoms with E-state index in [2.05, 4.69) is 57.3 Å². The molecular formula is C17H24N2S. The molecule has 2 N–H and O–H groups in total. The first-order valence-electron chi connectivity index (χ1n) is 7.21. The Morgan fingerprint density at radius 1 is 1.20 bits per heavy atom. The van der Waals surface area contributed by atoms with Gasteiger partial charge >= 0.3 is 0 Å². The van der Waals surface area contributed by atoms with Crippen molar-refractivity contribution in [3.05, 3.63) is 40.2 Å². The molecule has 2 nitrogen and oxygen atoms in total. The molecule has 0 aliphatic rings. The molecule has 0 aliphatic carbocycles. The van der Waals surface area contributed by atoms with Crippen molar-refractivity contribution in [2.75, 3.05) is 0 Å². The fraction of sp³-hybridized carbons (Fsp3) is 0.471. The van der Waals surface area contributed by atoms with Crippen molar-refractivity contribution in [2.24, 2.45) is 5.73 Å². The summed E-state index contributed by atoms with van der Waals surface area (Å²) in [6.07, 6.45) is 1.87. The maximum absolute atomic E-state index is 5.99. The summed E-state index contributed by atoms with van der Waals surface area (Å²) in [7, 11) is 0.